The molecule has 0 saturated carbocycles. The van der Waals surface area contributed by atoms with Gasteiger partial charge in [0.05, 0.1) is 28.7 Å². The Morgan fingerprint density at radius 2 is 1.97 bits per heavy atom. The number of rotatable bonds is 3. The second kappa shape index (κ2) is 6.98. The fourth-order valence-corrected chi connectivity index (χ4v) is 3.83. The van der Waals surface area contributed by atoms with Crippen LogP contribution in [0, 0.1) is 5.82 Å². The average Bonchev–Trinajstić information content (AvgIpc) is 3.05. The van der Waals surface area contributed by atoms with E-state index in [1.54, 1.807) is 46.8 Å². The van der Waals surface area contributed by atoms with Crippen LogP contribution < -0.4 is 10.6 Å². The predicted octanol–water partition coefficient (Wildman–Crippen LogP) is 3.28. The van der Waals surface area contributed by atoms with Gasteiger partial charge in [0, 0.05) is 26.2 Å². The fraction of sp³-hybridized carbons (Fsp3) is 0.286. The summed E-state index contributed by atoms with van der Waals surface area (Å²) >= 11 is 6.21. The number of aliphatic imine (C=N–C) groups is 1. The van der Waals surface area contributed by atoms with Crippen LogP contribution >= 0.6 is 11.6 Å². The second-order valence-electron chi connectivity index (χ2n) is 7.81. The molecule has 0 aliphatic carbocycles. The van der Waals surface area contributed by atoms with Crippen molar-refractivity contribution >= 4 is 40.4 Å². The van der Waals surface area contributed by atoms with Gasteiger partial charge in [-0.25, -0.2) is 14.4 Å². The minimum Gasteiger partial charge on any atom is -0.369 e. The lowest BCUT2D eigenvalue weighted by Crippen LogP contribution is -2.47. The molecule has 4 rings (SSSR count). The molecule has 0 spiro atoms. The molecule has 0 radical (unpaired) electrons. The Bertz CT molecular complexity index is 1200. The molecule has 2 N–H and O–H groups in total. The topological polar surface area (TPSA) is 79.8 Å². The van der Waals surface area contributed by atoms with Crippen LogP contribution in [0.15, 0.2) is 41.4 Å². The number of benzene rings is 2. The molecule has 1 aliphatic rings. The van der Waals surface area contributed by atoms with Crippen LogP contribution in [0.5, 0.6) is 0 Å². The van der Waals surface area contributed by atoms with Crippen molar-refractivity contribution in [3.05, 3.63) is 52.8 Å². The zero-order chi connectivity index (χ0) is 21.8. The van der Waals surface area contributed by atoms with Crippen molar-refractivity contribution in [1.29, 1.82) is 0 Å². The van der Waals surface area contributed by atoms with Crippen molar-refractivity contribution in [2.75, 3.05) is 26.0 Å². The van der Waals surface area contributed by atoms with Gasteiger partial charge in [-0.1, -0.05) is 17.7 Å². The minimum atomic E-state index is -0.900. The smallest absolute Gasteiger partial charge is 0.231 e. The van der Waals surface area contributed by atoms with Gasteiger partial charge in [-0.3, -0.25) is 14.3 Å². The molecular formula is C21H22ClFN6O. The summed E-state index contributed by atoms with van der Waals surface area (Å²) in [6.07, 6.45) is 0.131. The molecule has 0 saturated heterocycles. The molecule has 1 aliphatic heterocycles. The molecule has 0 fully saturated rings. The molecule has 30 heavy (non-hydrogen) atoms. The third-order valence-corrected chi connectivity index (χ3v) is 5.62. The summed E-state index contributed by atoms with van der Waals surface area (Å²) < 4.78 is 16.8. The van der Waals surface area contributed by atoms with Crippen molar-refractivity contribution in [3.8, 4) is 5.69 Å². The Labute approximate surface area is 178 Å². The highest BCUT2D eigenvalue weighted by Crippen LogP contribution is 2.36. The first-order valence-corrected chi connectivity index (χ1v) is 9.76. The number of anilines is 1. The highest BCUT2D eigenvalue weighted by Gasteiger charge is 2.36. The normalized spacial score (nSPS) is 19.3. The molecule has 1 amide bonds. The van der Waals surface area contributed by atoms with Gasteiger partial charge in [-0.2, -0.15) is 0 Å². The summed E-state index contributed by atoms with van der Waals surface area (Å²) in [5, 5.41) is 0.524. The maximum atomic E-state index is 15.1. The quantitative estimate of drug-likeness (QED) is 0.694. The zero-order valence-electron chi connectivity index (χ0n) is 17.1. The largest absolute Gasteiger partial charge is 0.369 e. The van der Waals surface area contributed by atoms with Crippen LogP contribution in [0.3, 0.4) is 0 Å². The lowest BCUT2D eigenvalue weighted by Gasteiger charge is -2.34. The summed E-state index contributed by atoms with van der Waals surface area (Å²) in [7, 11) is 5.26. The van der Waals surface area contributed by atoms with E-state index in [0.29, 0.717) is 33.3 Å². The molecule has 2 heterocycles. The van der Waals surface area contributed by atoms with Crippen LogP contribution in [-0.2, 0) is 10.3 Å². The third kappa shape index (κ3) is 3.17. The van der Waals surface area contributed by atoms with E-state index < -0.39 is 11.4 Å². The number of nitrogens with two attached hydrogens (primary N) is 1. The lowest BCUT2D eigenvalue weighted by molar-refractivity contribution is -0.128. The maximum absolute atomic E-state index is 15.1. The maximum Gasteiger partial charge on any atom is 0.231 e. The number of hydrogen-bond acceptors (Lipinski definition) is 5. The highest BCUT2D eigenvalue weighted by molar-refractivity contribution is 6.31. The van der Waals surface area contributed by atoms with E-state index in [9.17, 15) is 4.79 Å². The van der Waals surface area contributed by atoms with Gasteiger partial charge >= 0.3 is 0 Å². The number of carbonyl (C=O) groups excluding carboxylic acids is 1. The number of nitrogens with zero attached hydrogens (tertiary/aromatic N) is 5. The van der Waals surface area contributed by atoms with E-state index in [1.807, 2.05) is 21.0 Å². The molecule has 156 valence electrons. The lowest BCUT2D eigenvalue weighted by atomic mass is 9.87. The number of halogens is 2. The zero-order valence-corrected chi connectivity index (χ0v) is 17.9. The van der Waals surface area contributed by atoms with Gasteiger partial charge in [0.2, 0.25) is 11.9 Å². The third-order valence-electron chi connectivity index (χ3n) is 5.38. The minimum absolute atomic E-state index is 0.131. The molecule has 9 heteroatoms. The Kier molecular flexibility index (Phi) is 4.69. The number of fused-ring (bicyclic) bond motifs is 1. The van der Waals surface area contributed by atoms with Crippen LogP contribution in [0.25, 0.3) is 16.7 Å². The van der Waals surface area contributed by atoms with Crippen LogP contribution in [-0.4, -0.2) is 47.5 Å². The highest BCUT2D eigenvalue weighted by atomic mass is 35.5. The summed E-state index contributed by atoms with van der Waals surface area (Å²) in [6, 6.07) is 10.00. The molecular weight excluding hydrogens is 407 g/mol. The molecule has 0 bridgehead atoms. The molecule has 2 aromatic carbocycles. The Balaban J connectivity index is 1.96. The van der Waals surface area contributed by atoms with Crippen molar-refractivity contribution in [1.82, 2.24) is 14.5 Å². The van der Waals surface area contributed by atoms with Crippen LogP contribution in [0.2, 0.25) is 5.02 Å². The van der Waals surface area contributed by atoms with Gasteiger partial charge in [-0.15, -0.1) is 0 Å². The summed E-state index contributed by atoms with van der Waals surface area (Å²) in [6.45, 7) is 1.82. The first-order chi connectivity index (χ1) is 14.1. The number of carbonyl (C=O) groups is 1. The summed E-state index contributed by atoms with van der Waals surface area (Å²) in [5.74, 6) is 0.107. The van der Waals surface area contributed by atoms with Crippen LogP contribution in [0.1, 0.15) is 18.9 Å². The Morgan fingerprint density at radius 1 is 1.23 bits per heavy atom. The van der Waals surface area contributed by atoms with Gasteiger partial charge in [0.1, 0.15) is 5.82 Å². The van der Waals surface area contributed by atoms with Crippen molar-refractivity contribution in [2.45, 2.75) is 18.9 Å². The first-order valence-electron chi connectivity index (χ1n) is 9.38. The monoisotopic (exact) mass is 428 g/mol. The van der Waals surface area contributed by atoms with E-state index in [0.717, 1.165) is 0 Å². The number of aromatic nitrogens is 2. The number of hydrogen-bond donors (Lipinski definition) is 1. The SMILES string of the molecule is CN1C(=O)C[C@@](C)(c2ccc(F)c(-n3c(N(C)C)nc4ccc(Cl)cc43)c2)N=C1N. The van der Waals surface area contributed by atoms with Crippen LogP contribution in [0.4, 0.5) is 10.3 Å². The standard InChI is InChI=1S/C21H22ClFN6O/c1-21(11-18(30)28(4)19(24)26-21)12-5-7-14(23)16(9-12)29-17-10-13(22)6-8-15(17)25-20(29)27(2)3/h5-10H,11H2,1-4H3,(H2,24,26)/t21-/m0/s1. The van der Waals surface area contributed by atoms with Gasteiger partial charge < -0.3 is 10.6 Å². The number of amides is 1. The van der Waals surface area contributed by atoms with Gasteiger partial charge in [-0.05, 0) is 42.8 Å². The average molecular weight is 429 g/mol. The molecule has 3 aromatic rings. The second-order valence-corrected chi connectivity index (χ2v) is 8.25. The van der Waals surface area contributed by atoms with Gasteiger partial charge in [0.25, 0.3) is 0 Å². The number of imidazole rings is 1. The molecule has 7 nitrogen and oxygen atoms in total. The summed E-state index contributed by atoms with van der Waals surface area (Å²) in [5.41, 5.74) is 7.38. The van der Waals surface area contributed by atoms with Crippen molar-refractivity contribution in [3.63, 3.8) is 0 Å². The first kappa shape index (κ1) is 20.2. The van der Waals surface area contributed by atoms with E-state index in [4.69, 9.17) is 17.3 Å². The Hall–Kier alpha value is -3.13. The van der Waals surface area contributed by atoms with E-state index in [-0.39, 0.29) is 18.3 Å². The Morgan fingerprint density at radius 3 is 2.63 bits per heavy atom. The van der Waals surface area contributed by atoms with Crippen molar-refractivity contribution in [2.24, 2.45) is 10.7 Å². The number of guanidine groups is 1. The summed E-state index contributed by atoms with van der Waals surface area (Å²) in [4.78, 5) is 24.7. The van der Waals surface area contributed by atoms with E-state index >= 15 is 4.39 Å². The van der Waals surface area contributed by atoms with E-state index in [2.05, 4.69) is 9.98 Å². The molecule has 0 unspecified atom stereocenters. The fourth-order valence-electron chi connectivity index (χ4n) is 3.67. The van der Waals surface area contributed by atoms with E-state index in [1.165, 1.54) is 11.0 Å². The van der Waals surface area contributed by atoms with Gasteiger partial charge in [0.15, 0.2) is 5.96 Å². The molecule has 1 aromatic heterocycles. The predicted molar refractivity (Wildman–Crippen MR) is 117 cm³/mol. The van der Waals surface area contributed by atoms with Crippen molar-refractivity contribution < 1.29 is 9.18 Å². The molecule has 1 atom stereocenters.